The molecule has 0 radical (unpaired) electrons. The monoisotopic (exact) mass is 420 g/mol. The van der Waals surface area contributed by atoms with E-state index in [1.54, 1.807) is 19.1 Å². The van der Waals surface area contributed by atoms with E-state index in [2.05, 4.69) is 18.8 Å². The summed E-state index contributed by atoms with van der Waals surface area (Å²) in [4.78, 5) is 42.5. The average Bonchev–Trinajstić information content (AvgIpc) is 2.73. The highest BCUT2D eigenvalue weighted by Crippen LogP contribution is 2.43. The zero-order valence-electron chi connectivity index (χ0n) is 18.2. The Hall–Kier alpha value is -3.14. The Morgan fingerprint density at radius 3 is 2.77 bits per heavy atom. The van der Waals surface area contributed by atoms with E-state index in [4.69, 9.17) is 0 Å². The van der Waals surface area contributed by atoms with Crippen LogP contribution in [0.3, 0.4) is 0 Å². The van der Waals surface area contributed by atoms with Gasteiger partial charge in [-0.25, -0.2) is 0 Å². The second kappa shape index (κ2) is 8.18. The zero-order chi connectivity index (χ0) is 22.3. The molecule has 4 heterocycles. The lowest BCUT2D eigenvalue weighted by atomic mass is 9.76. The van der Waals surface area contributed by atoms with Gasteiger partial charge in [0.1, 0.15) is 11.6 Å². The lowest BCUT2D eigenvalue weighted by molar-refractivity contribution is 0.0512. The van der Waals surface area contributed by atoms with Crippen LogP contribution in [-0.4, -0.2) is 33.4 Å². The normalized spacial score (nSPS) is 22.2. The first-order valence-electron chi connectivity index (χ1n) is 10.9. The second-order valence-electron chi connectivity index (χ2n) is 9.26. The minimum Gasteiger partial charge on any atom is -0.338 e. The molecule has 2 aliphatic heterocycles. The zero-order valence-corrected chi connectivity index (χ0v) is 18.2. The number of amides is 1. The molecule has 1 saturated heterocycles. The molecule has 4 rings (SSSR count). The third-order valence-corrected chi connectivity index (χ3v) is 6.71. The number of carbonyl (C=O) groups excluding carboxylic acids is 1. The number of H-pyrrole nitrogens is 1. The van der Waals surface area contributed by atoms with Crippen LogP contribution in [0, 0.1) is 30.1 Å². The first kappa shape index (κ1) is 21.1. The molecule has 2 aromatic rings. The molecule has 1 amide bonds. The van der Waals surface area contributed by atoms with Crippen LogP contribution >= 0.6 is 0 Å². The van der Waals surface area contributed by atoms with Crippen molar-refractivity contribution in [2.45, 2.75) is 52.0 Å². The van der Waals surface area contributed by atoms with Crippen LogP contribution < -0.4 is 11.1 Å². The van der Waals surface area contributed by atoms with Crippen molar-refractivity contribution < 1.29 is 4.79 Å². The fourth-order valence-corrected chi connectivity index (χ4v) is 5.18. The van der Waals surface area contributed by atoms with Gasteiger partial charge in [0.05, 0.1) is 5.56 Å². The summed E-state index contributed by atoms with van der Waals surface area (Å²) in [6, 6.07) is 8.78. The van der Waals surface area contributed by atoms with E-state index in [0.29, 0.717) is 30.3 Å². The molecule has 0 unspecified atom stereocenters. The number of fused-ring (bicyclic) bond motifs is 4. The SMILES string of the molecule is Cc1[nH]c(=O)c(C#N)cc1C(=O)N1C[C@H]2C[C@@H](C1)[C@H](CCC(C)C)n1c2cccc1=O. The maximum Gasteiger partial charge on any atom is 0.266 e. The molecule has 3 atom stereocenters. The Balaban J connectivity index is 1.70. The molecule has 1 fully saturated rings. The van der Waals surface area contributed by atoms with Crippen LogP contribution in [0.2, 0.25) is 0 Å². The summed E-state index contributed by atoms with van der Waals surface area (Å²) >= 11 is 0. The standard InChI is InChI=1S/C24H28N4O3/c1-14(2)7-8-21-18-9-17(20-5-4-6-22(29)28(20)21)12-27(13-18)24(31)19-10-16(11-25)23(30)26-15(19)3/h4-6,10,14,17-18,21H,7-9,12-13H2,1-3H3,(H,26,30)/t17-,18+,21+/m1/s1. The Morgan fingerprint density at radius 2 is 2.06 bits per heavy atom. The molecule has 2 bridgehead atoms. The Bertz CT molecular complexity index is 1170. The summed E-state index contributed by atoms with van der Waals surface area (Å²) in [7, 11) is 0. The molecule has 7 nitrogen and oxygen atoms in total. The number of nitriles is 1. The third-order valence-electron chi connectivity index (χ3n) is 6.71. The predicted octanol–water partition coefficient (Wildman–Crippen LogP) is 2.95. The summed E-state index contributed by atoms with van der Waals surface area (Å²) in [5, 5.41) is 9.20. The molecule has 0 saturated carbocycles. The molecular formula is C24H28N4O3. The first-order chi connectivity index (χ1) is 14.8. The molecule has 1 N–H and O–H groups in total. The van der Waals surface area contributed by atoms with Crippen LogP contribution in [0.25, 0.3) is 0 Å². The number of rotatable bonds is 4. The average molecular weight is 421 g/mol. The number of aromatic nitrogens is 2. The summed E-state index contributed by atoms with van der Waals surface area (Å²) in [6.45, 7) is 7.14. The number of hydrogen-bond donors (Lipinski definition) is 1. The molecule has 162 valence electrons. The van der Waals surface area contributed by atoms with Gasteiger partial charge in [0, 0.05) is 42.5 Å². The van der Waals surface area contributed by atoms with Crippen molar-refractivity contribution >= 4 is 5.91 Å². The number of carbonyl (C=O) groups is 1. The van der Waals surface area contributed by atoms with Gasteiger partial charge in [-0.15, -0.1) is 0 Å². The van der Waals surface area contributed by atoms with Gasteiger partial charge in [-0.1, -0.05) is 19.9 Å². The smallest absolute Gasteiger partial charge is 0.266 e. The van der Waals surface area contributed by atoms with Gasteiger partial charge in [-0.2, -0.15) is 5.26 Å². The molecule has 0 spiro atoms. The number of pyridine rings is 2. The lowest BCUT2D eigenvalue weighted by Crippen LogP contribution is -2.51. The number of aryl methyl sites for hydroxylation is 1. The molecule has 2 aliphatic rings. The third kappa shape index (κ3) is 3.83. The first-order valence-corrected chi connectivity index (χ1v) is 10.9. The van der Waals surface area contributed by atoms with Crippen molar-refractivity contribution in [1.82, 2.24) is 14.5 Å². The van der Waals surface area contributed by atoms with E-state index in [-0.39, 0.29) is 34.9 Å². The van der Waals surface area contributed by atoms with Crippen molar-refractivity contribution in [2.24, 2.45) is 11.8 Å². The largest absolute Gasteiger partial charge is 0.338 e. The van der Waals surface area contributed by atoms with Gasteiger partial charge in [0.15, 0.2) is 0 Å². The van der Waals surface area contributed by atoms with Crippen molar-refractivity contribution in [3.63, 3.8) is 0 Å². The summed E-state index contributed by atoms with van der Waals surface area (Å²) in [5.74, 6) is 0.669. The molecule has 2 aromatic heterocycles. The van der Waals surface area contributed by atoms with E-state index < -0.39 is 5.56 Å². The molecule has 7 heteroatoms. The Labute approximate surface area is 181 Å². The van der Waals surface area contributed by atoms with Crippen molar-refractivity contribution in [3.8, 4) is 6.07 Å². The topological polar surface area (TPSA) is 99.0 Å². The number of hydrogen-bond acceptors (Lipinski definition) is 4. The van der Waals surface area contributed by atoms with Crippen LogP contribution in [0.4, 0.5) is 0 Å². The number of piperidine rings is 1. The van der Waals surface area contributed by atoms with Crippen molar-refractivity contribution in [1.29, 1.82) is 5.26 Å². The minimum absolute atomic E-state index is 0.0378. The molecule has 0 aliphatic carbocycles. The molecule has 0 aromatic carbocycles. The quantitative estimate of drug-likeness (QED) is 0.822. The van der Waals surface area contributed by atoms with Crippen LogP contribution in [0.1, 0.15) is 72.4 Å². The van der Waals surface area contributed by atoms with Crippen molar-refractivity contribution in [2.75, 3.05) is 13.1 Å². The highest BCUT2D eigenvalue weighted by Gasteiger charge is 2.41. The Morgan fingerprint density at radius 1 is 1.29 bits per heavy atom. The number of nitrogens with zero attached hydrogens (tertiary/aromatic N) is 3. The minimum atomic E-state index is -0.478. The van der Waals surface area contributed by atoms with E-state index in [1.165, 1.54) is 6.07 Å². The predicted molar refractivity (Wildman–Crippen MR) is 117 cm³/mol. The van der Waals surface area contributed by atoms with E-state index in [1.807, 2.05) is 21.6 Å². The van der Waals surface area contributed by atoms with Crippen LogP contribution in [0.15, 0.2) is 33.9 Å². The molecular weight excluding hydrogens is 392 g/mol. The number of nitrogens with one attached hydrogen (secondary N) is 1. The van der Waals surface area contributed by atoms with E-state index in [9.17, 15) is 19.6 Å². The van der Waals surface area contributed by atoms with Gasteiger partial charge in [-0.05, 0) is 50.2 Å². The maximum atomic E-state index is 13.4. The summed E-state index contributed by atoms with van der Waals surface area (Å²) in [6.07, 6.45) is 2.89. The highest BCUT2D eigenvalue weighted by atomic mass is 16.2. The fourth-order valence-electron chi connectivity index (χ4n) is 5.18. The second-order valence-corrected chi connectivity index (χ2v) is 9.26. The van der Waals surface area contributed by atoms with Gasteiger partial charge in [-0.3, -0.25) is 14.4 Å². The molecule has 31 heavy (non-hydrogen) atoms. The van der Waals surface area contributed by atoms with E-state index in [0.717, 1.165) is 25.0 Å². The van der Waals surface area contributed by atoms with Crippen molar-refractivity contribution in [3.05, 3.63) is 67.5 Å². The summed E-state index contributed by atoms with van der Waals surface area (Å²) < 4.78 is 1.97. The van der Waals surface area contributed by atoms with Gasteiger partial charge >= 0.3 is 0 Å². The fraction of sp³-hybridized carbons (Fsp3) is 0.500. The summed E-state index contributed by atoms with van der Waals surface area (Å²) in [5.41, 5.74) is 1.34. The van der Waals surface area contributed by atoms with E-state index >= 15 is 0 Å². The van der Waals surface area contributed by atoms with Gasteiger partial charge in [0.2, 0.25) is 0 Å². The number of likely N-dealkylation sites (tertiary alicyclic amines) is 1. The number of aromatic amines is 1. The Kier molecular flexibility index (Phi) is 5.57. The van der Waals surface area contributed by atoms with Crippen LogP contribution in [0.5, 0.6) is 0 Å². The highest BCUT2D eigenvalue weighted by molar-refractivity contribution is 5.95. The van der Waals surface area contributed by atoms with Crippen LogP contribution in [-0.2, 0) is 0 Å². The van der Waals surface area contributed by atoms with Gasteiger partial charge < -0.3 is 14.5 Å². The van der Waals surface area contributed by atoms with Gasteiger partial charge in [0.25, 0.3) is 17.0 Å². The maximum absolute atomic E-state index is 13.4. The lowest BCUT2D eigenvalue weighted by Gasteiger charge is -2.47.